The van der Waals surface area contributed by atoms with E-state index < -0.39 is 10.0 Å². The first-order valence-electron chi connectivity index (χ1n) is 11.5. The van der Waals surface area contributed by atoms with Gasteiger partial charge < -0.3 is 10.1 Å². The maximum Gasteiger partial charge on any atom is 0.264 e. The van der Waals surface area contributed by atoms with Crippen LogP contribution in [0.15, 0.2) is 65.6 Å². The van der Waals surface area contributed by atoms with Gasteiger partial charge in [0.25, 0.3) is 15.9 Å². The molecule has 0 aromatic heterocycles. The second-order valence-corrected chi connectivity index (χ2v) is 10.4. The van der Waals surface area contributed by atoms with E-state index in [9.17, 15) is 13.2 Å². The number of benzene rings is 3. The zero-order chi connectivity index (χ0) is 24.3. The molecule has 0 fully saturated rings. The van der Waals surface area contributed by atoms with E-state index in [4.69, 9.17) is 4.74 Å². The van der Waals surface area contributed by atoms with E-state index in [-0.39, 0.29) is 17.4 Å². The third kappa shape index (κ3) is 4.80. The van der Waals surface area contributed by atoms with Crippen molar-refractivity contribution >= 4 is 27.3 Å². The molecule has 0 radical (unpaired) electrons. The second kappa shape index (κ2) is 9.89. The van der Waals surface area contributed by atoms with Crippen molar-refractivity contribution < 1.29 is 17.9 Å². The number of nitrogens with one attached hydrogen (secondary N) is 1. The minimum absolute atomic E-state index is 0.163. The van der Waals surface area contributed by atoms with Gasteiger partial charge in [0.15, 0.2) is 6.61 Å². The number of rotatable bonds is 7. The molecule has 1 aliphatic heterocycles. The van der Waals surface area contributed by atoms with E-state index in [2.05, 4.69) is 5.32 Å². The number of hydrogen-bond acceptors (Lipinski definition) is 4. The van der Waals surface area contributed by atoms with Gasteiger partial charge in [-0.1, -0.05) is 43.3 Å². The lowest BCUT2D eigenvalue weighted by Crippen LogP contribution is -2.35. The highest BCUT2D eigenvalue weighted by atomic mass is 32.2. The van der Waals surface area contributed by atoms with Gasteiger partial charge in [-0.15, -0.1) is 0 Å². The number of carbonyl (C=O) groups is 1. The molecule has 0 spiro atoms. The van der Waals surface area contributed by atoms with Crippen molar-refractivity contribution in [1.29, 1.82) is 0 Å². The number of amides is 1. The van der Waals surface area contributed by atoms with Crippen molar-refractivity contribution in [2.75, 3.05) is 22.8 Å². The second-order valence-electron chi connectivity index (χ2n) is 8.54. The summed E-state index contributed by atoms with van der Waals surface area (Å²) in [5, 5.41) is 2.94. The topological polar surface area (TPSA) is 75.7 Å². The van der Waals surface area contributed by atoms with E-state index >= 15 is 0 Å². The van der Waals surface area contributed by atoms with E-state index in [0.717, 1.165) is 47.3 Å². The van der Waals surface area contributed by atoms with E-state index in [1.165, 1.54) is 4.31 Å². The predicted molar refractivity (Wildman–Crippen MR) is 135 cm³/mol. The van der Waals surface area contributed by atoms with Gasteiger partial charge in [-0.2, -0.15) is 0 Å². The van der Waals surface area contributed by atoms with Crippen molar-refractivity contribution in [3.05, 3.63) is 82.9 Å². The SMILES string of the molecule is CCc1cccc(C)c1NC(=O)COc1ccc(S(=O)(=O)N2CCCc3ccccc32)cc1C. The first-order chi connectivity index (χ1) is 16.3. The monoisotopic (exact) mass is 478 g/mol. The quantitative estimate of drug-likeness (QED) is 0.517. The van der Waals surface area contributed by atoms with Crippen molar-refractivity contribution in [3.8, 4) is 5.75 Å². The molecule has 1 amide bonds. The third-order valence-electron chi connectivity index (χ3n) is 6.17. The molecule has 34 heavy (non-hydrogen) atoms. The lowest BCUT2D eigenvalue weighted by molar-refractivity contribution is -0.118. The maximum atomic E-state index is 13.4. The van der Waals surface area contributed by atoms with Crippen molar-refractivity contribution in [2.24, 2.45) is 0 Å². The fraction of sp³-hybridized carbons (Fsp3) is 0.296. The molecule has 3 aromatic rings. The van der Waals surface area contributed by atoms with Crippen LogP contribution in [0.1, 0.15) is 35.6 Å². The molecule has 7 heteroatoms. The van der Waals surface area contributed by atoms with E-state index in [1.54, 1.807) is 25.1 Å². The molecule has 1 N–H and O–H groups in total. The molecule has 0 unspecified atom stereocenters. The molecular formula is C27H30N2O4S. The average Bonchev–Trinajstić information content (AvgIpc) is 2.84. The van der Waals surface area contributed by atoms with Crippen LogP contribution in [0.25, 0.3) is 0 Å². The molecule has 3 aromatic carbocycles. The predicted octanol–water partition coefficient (Wildman–Crippen LogP) is 5.02. The van der Waals surface area contributed by atoms with Crippen molar-refractivity contribution in [3.63, 3.8) is 0 Å². The first-order valence-corrected chi connectivity index (χ1v) is 13.0. The largest absolute Gasteiger partial charge is 0.483 e. The van der Waals surface area contributed by atoms with Gasteiger partial charge in [-0.25, -0.2) is 8.42 Å². The third-order valence-corrected chi connectivity index (χ3v) is 7.97. The number of nitrogens with zero attached hydrogens (tertiary/aromatic N) is 1. The highest BCUT2D eigenvalue weighted by molar-refractivity contribution is 7.92. The molecule has 0 saturated heterocycles. The van der Waals surface area contributed by atoms with Crippen LogP contribution < -0.4 is 14.4 Å². The van der Waals surface area contributed by atoms with Gasteiger partial charge in [0.05, 0.1) is 10.6 Å². The lowest BCUT2D eigenvalue weighted by Gasteiger charge is -2.30. The van der Waals surface area contributed by atoms with Crippen LogP contribution in [0.3, 0.4) is 0 Å². The number of carbonyl (C=O) groups excluding carboxylic acids is 1. The Morgan fingerprint density at radius 2 is 1.82 bits per heavy atom. The summed E-state index contributed by atoms with van der Waals surface area (Å²) in [5.74, 6) is 0.221. The smallest absolute Gasteiger partial charge is 0.264 e. The standard InChI is InChI=1S/C27H30N2O4S/c1-4-21-11-7-9-19(2)27(21)28-26(30)18-33-25-15-14-23(17-20(25)3)34(31,32)29-16-8-12-22-10-5-6-13-24(22)29/h5-7,9-11,13-15,17H,4,8,12,16,18H2,1-3H3,(H,28,30). The Morgan fingerprint density at radius 1 is 1.03 bits per heavy atom. The Morgan fingerprint density at radius 3 is 2.59 bits per heavy atom. The summed E-state index contributed by atoms with van der Waals surface area (Å²) in [5.41, 5.74) is 5.32. The summed E-state index contributed by atoms with van der Waals surface area (Å²) in [6.45, 7) is 6.08. The summed E-state index contributed by atoms with van der Waals surface area (Å²) in [6, 6.07) is 18.3. The van der Waals surface area contributed by atoms with Gasteiger partial charge >= 0.3 is 0 Å². The fourth-order valence-corrected chi connectivity index (χ4v) is 5.97. The van der Waals surface area contributed by atoms with Crippen LogP contribution in [0.5, 0.6) is 5.75 Å². The summed E-state index contributed by atoms with van der Waals surface area (Å²) in [6.07, 6.45) is 2.47. The average molecular weight is 479 g/mol. The molecule has 0 bridgehead atoms. The van der Waals surface area contributed by atoms with Crippen LogP contribution in [0, 0.1) is 13.8 Å². The summed E-state index contributed by atoms with van der Waals surface area (Å²) in [7, 11) is -3.70. The molecule has 1 aliphatic rings. The number of anilines is 2. The van der Waals surface area contributed by atoms with E-state index in [1.807, 2.05) is 56.3 Å². The number of fused-ring (bicyclic) bond motifs is 1. The molecule has 1 heterocycles. The normalized spacial score (nSPS) is 13.3. The van der Waals surface area contributed by atoms with Crippen LogP contribution in [0.2, 0.25) is 0 Å². The zero-order valence-electron chi connectivity index (χ0n) is 19.8. The van der Waals surface area contributed by atoms with Gasteiger partial charge in [-0.05, 0) is 79.6 Å². The molecule has 0 aliphatic carbocycles. The molecule has 4 rings (SSSR count). The minimum atomic E-state index is -3.70. The summed E-state index contributed by atoms with van der Waals surface area (Å²) in [4.78, 5) is 12.7. The van der Waals surface area contributed by atoms with Crippen LogP contribution in [-0.4, -0.2) is 27.5 Å². The fourth-order valence-electron chi connectivity index (χ4n) is 4.34. The van der Waals surface area contributed by atoms with Gasteiger partial charge in [0.1, 0.15) is 5.75 Å². The molecular weight excluding hydrogens is 448 g/mol. The number of aryl methyl sites for hydroxylation is 4. The minimum Gasteiger partial charge on any atom is -0.483 e. The van der Waals surface area contributed by atoms with Gasteiger partial charge in [-0.3, -0.25) is 9.10 Å². The first kappa shape index (κ1) is 23.8. The van der Waals surface area contributed by atoms with Crippen LogP contribution in [0.4, 0.5) is 11.4 Å². The Labute approximate surface area is 201 Å². The lowest BCUT2D eigenvalue weighted by atomic mass is 10.0. The van der Waals surface area contributed by atoms with Crippen molar-refractivity contribution in [1.82, 2.24) is 0 Å². The van der Waals surface area contributed by atoms with Gasteiger partial charge in [0, 0.05) is 12.2 Å². The van der Waals surface area contributed by atoms with E-state index in [0.29, 0.717) is 17.9 Å². The molecule has 0 saturated carbocycles. The highest BCUT2D eigenvalue weighted by Gasteiger charge is 2.29. The van der Waals surface area contributed by atoms with Gasteiger partial charge in [0.2, 0.25) is 0 Å². The molecule has 6 nitrogen and oxygen atoms in total. The van der Waals surface area contributed by atoms with Crippen LogP contribution >= 0.6 is 0 Å². The Bertz CT molecular complexity index is 1320. The Kier molecular flexibility index (Phi) is 6.93. The zero-order valence-corrected chi connectivity index (χ0v) is 20.6. The summed E-state index contributed by atoms with van der Waals surface area (Å²) < 4.78 is 34.0. The Balaban J connectivity index is 1.47. The highest BCUT2D eigenvalue weighted by Crippen LogP contribution is 2.33. The Hall–Kier alpha value is -3.32. The van der Waals surface area contributed by atoms with Crippen LogP contribution in [-0.2, 0) is 27.7 Å². The number of ether oxygens (including phenoxy) is 1. The number of sulfonamides is 1. The molecule has 0 atom stereocenters. The number of para-hydroxylation sites is 2. The number of hydrogen-bond donors (Lipinski definition) is 1. The van der Waals surface area contributed by atoms with Crippen molar-refractivity contribution in [2.45, 2.75) is 44.9 Å². The molecule has 178 valence electrons. The maximum absolute atomic E-state index is 13.4. The summed E-state index contributed by atoms with van der Waals surface area (Å²) >= 11 is 0.